The average Bonchev–Trinajstić information content (AvgIpc) is 3.30. The van der Waals surface area contributed by atoms with Gasteiger partial charge in [0.2, 0.25) is 17.7 Å². The molecule has 1 aliphatic carbocycles. The van der Waals surface area contributed by atoms with Gasteiger partial charge in [-0.2, -0.15) is 4.98 Å². The Morgan fingerprint density at radius 2 is 2.08 bits per heavy atom. The molecule has 0 aromatic carbocycles. The highest BCUT2D eigenvalue weighted by atomic mass is 19.3. The Balaban J connectivity index is 1.23. The van der Waals surface area contributed by atoms with Gasteiger partial charge in [-0.3, -0.25) is 4.79 Å². The molecule has 37 heavy (non-hydrogen) atoms. The van der Waals surface area contributed by atoms with Crippen molar-refractivity contribution in [2.24, 2.45) is 10.4 Å². The number of amidine groups is 1. The van der Waals surface area contributed by atoms with Gasteiger partial charge in [0.15, 0.2) is 6.61 Å². The van der Waals surface area contributed by atoms with E-state index in [0.717, 1.165) is 55.7 Å². The molecular weight excluding hydrogens is 480 g/mol. The molecule has 3 aliphatic heterocycles. The van der Waals surface area contributed by atoms with Crippen LogP contribution < -0.4 is 10.1 Å². The highest BCUT2D eigenvalue weighted by molar-refractivity contribution is 6.02. The van der Waals surface area contributed by atoms with Crippen LogP contribution in [-0.2, 0) is 4.79 Å². The number of carbonyl (C=O) groups is 1. The molecule has 0 bridgehead atoms. The van der Waals surface area contributed by atoms with E-state index in [-0.39, 0.29) is 23.2 Å². The van der Waals surface area contributed by atoms with E-state index in [1.165, 1.54) is 0 Å². The Hall–Kier alpha value is -3.76. The fourth-order valence-corrected chi connectivity index (χ4v) is 5.64. The molecule has 194 valence electrons. The molecule has 1 spiro atoms. The lowest BCUT2D eigenvalue weighted by molar-refractivity contribution is -0.143. The lowest BCUT2D eigenvalue weighted by atomic mass is 9.67. The summed E-state index contributed by atoms with van der Waals surface area (Å²) in [5.41, 5.74) is 2.45. The fraction of sp³-hybridized carbons (Fsp3) is 0.462. The molecule has 1 saturated carbocycles. The topological polar surface area (TPSA) is 87.4 Å². The Labute approximate surface area is 213 Å². The summed E-state index contributed by atoms with van der Waals surface area (Å²) in [5, 5.41) is 8.03. The SMILES string of the molecule is CC(=O)N1CC2(CCC(Nc3nc(OCC(F)F)c4c(C5=CN6CC=CN=C6C=C5)ccn4n3)CC2)C1. The number of nitrogens with one attached hydrogen (secondary N) is 1. The molecule has 4 aliphatic rings. The van der Waals surface area contributed by atoms with Gasteiger partial charge >= 0.3 is 0 Å². The van der Waals surface area contributed by atoms with Crippen molar-refractivity contribution < 1.29 is 18.3 Å². The largest absolute Gasteiger partial charge is 0.470 e. The first-order valence-electron chi connectivity index (χ1n) is 12.6. The molecule has 1 amide bonds. The highest BCUT2D eigenvalue weighted by Gasteiger charge is 2.46. The van der Waals surface area contributed by atoms with Gasteiger partial charge in [-0.25, -0.2) is 18.3 Å². The van der Waals surface area contributed by atoms with E-state index < -0.39 is 13.0 Å². The summed E-state index contributed by atoms with van der Waals surface area (Å²) in [6.07, 6.45) is 12.7. The van der Waals surface area contributed by atoms with Crippen molar-refractivity contribution in [2.45, 2.75) is 45.1 Å². The van der Waals surface area contributed by atoms with Gasteiger partial charge in [0.1, 0.15) is 11.4 Å². The number of hydrogen-bond acceptors (Lipinski definition) is 7. The summed E-state index contributed by atoms with van der Waals surface area (Å²) in [4.78, 5) is 24.4. The van der Waals surface area contributed by atoms with Crippen molar-refractivity contribution in [1.29, 1.82) is 0 Å². The lowest BCUT2D eigenvalue weighted by Gasteiger charge is -2.53. The van der Waals surface area contributed by atoms with Gasteiger partial charge in [-0.05, 0) is 50.0 Å². The van der Waals surface area contributed by atoms with Crippen molar-refractivity contribution >= 4 is 28.8 Å². The second-order valence-electron chi connectivity index (χ2n) is 10.2. The molecule has 1 N–H and O–H groups in total. The minimum absolute atomic E-state index is 0.119. The molecule has 0 atom stereocenters. The molecular formula is C26H29F2N7O2. The smallest absolute Gasteiger partial charge is 0.272 e. The summed E-state index contributed by atoms with van der Waals surface area (Å²) in [6, 6.07) is 2.06. The van der Waals surface area contributed by atoms with E-state index >= 15 is 0 Å². The maximum Gasteiger partial charge on any atom is 0.272 e. The van der Waals surface area contributed by atoms with Gasteiger partial charge in [0.25, 0.3) is 6.43 Å². The summed E-state index contributed by atoms with van der Waals surface area (Å²) < 4.78 is 33.3. The minimum atomic E-state index is -2.62. The van der Waals surface area contributed by atoms with Gasteiger partial charge < -0.3 is 19.9 Å². The zero-order valence-corrected chi connectivity index (χ0v) is 20.6. The second-order valence-corrected chi connectivity index (χ2v) is 10.2. The van der Waals surface area contributed by atoms with Gasteiger partial charge in [0.05, 0.1) is 0 Å². The number of anilines is 1. The standard InChI is InChI=1S/C26H29F2N7O2/c1-17(36)34-15-26(16-34)8-5-19(6-9-26)30-25-31-24(37-14-21(27)28)23-20(7-12-35(23)32-25)18-3-4-22-29-10-2-11-33(22)13-18/h2-4,7,10,12-13,19,21H,5-6,8-9,11,14-16H2,1H3,(H,30,32). The average molecular weight is 510 g/mol. The first kappa shape index (κ1) is 23.6. The molecule has 11 heteroatoms. The third-order valence-electron chi connectivity index (χ3n) is 7.63. The number of amides is 1. The van der Waals surface area contributed by atoms with E-state index in [1.54, 1.807) is 23.8 Å². The van der Waals surface area contributed by atoms with Crippen molar-refractivity contribution in [2.75, 3.05) is 31.6 Å². The third kappa shape index (κ3) is 4.58. The Morgan fingerprint density at radius 3 is 2.84 bits per heavy atom. The third-order valence-corrected chi connectivity index (χ3v) is 7.63. The molecule has 2 aromatic heterocycles. The van der Waals surface area contributed by atoms with Gasteiger partial charge in [-0.1, -0.05) is 0 Å². The number of hydrogen-bond donors (Lipinski definition) is 1. The van der Waals surface area contributed by atoms with Gasteiger partial charge in [0, 0.05) is 67.7 Å². The number of aromatic nitrogens is 3. The monoisotopic (exact) mass is 509 g/mol. The maximum absolute atomic E-state index is 13.1. The number of ether oxygens (including phenoxy) is 1. The first-order chi connectivity index (χ1) is 17.9. The highest BCUT2D eigenvalue weighted by Crippen LogP contribution is 2.44. The zero-order chi connectivity index (χ0) is 25.6. The van der Waals surface area contributed by atoms with E-state index in [4.69, 9.17) is 4.74 Å². The summed E-state index contributed by atoms with van der Waals surface area (Å²) in [7, 11) is 0. The van der Waals surface area contributed by atoms with E-state index in [1.807, 2.05) is 40.3 Å². The van der Waals surface area contributed by atoms with Crippen LogP contribution in [0.2, 0.25) is 0 Å². The quantitative estimate of drug-likeness (QED) is 0.639. The second kappa shape index (κ2) is 9.28. The number of rotatable bonds is 6. The summed E-state index contributed by atoms with van der Waals surface area (Å²) in [6.45, 7) is 3.23. The number of halogens is 2. The predicted molar refractivity (Wildman–Crippen MR) is 135 cm³/mol. The normalized spacial score (nSPS) is 20.6. The zero-order valence-electron chi connectivity index (χ0n) is 20.6. The summed E-state index contributed by atoms with van der Waals surface area (Å²) in [5.74, 6) is 1.45. The van der Waals surface area contributed by atoms with E-state index in [0.29, 0.717) is 18.0 Å². The Kier molecular flexibility index (Phi) is 5.92. The molecule has 0 unspecified atom stereocenters. The molecule has 6 rings (SSSR count). The summed E-state index contributed by atoms with van der Waals surface area (Å²) >= 11 is 0. The fourth-order valence-electron chi connectivity index (χ4n) is 5.64. The number of likely N-dealkylation sites (tertiary alicyclic amines) is 1. The van der Waals surface area contributed by atoms with E-state index in [9.17, 15) is 13.6 Å². The molecule has 9 nitrogen and oxygen atoms in total. The molecule has 0 radical (unpaired) electrons. The number of alkyl halides is 2. The van der Waals surface area contributed by atoms with Crippen LogP contribution in [0, 0.1) is 5.41 Å². The van der Waals surface area contributed by atoms with Crippen LogP contribution in [0.5, 0.6) is 5.88 Å². The van der Waals surface area contributed by atoms with Crippen LogP contribution in [0.25, 0.3) is 11.1 Å². The van der Waals surface area contributed by atoms with Crippen LogP contribution in [0.3, 0.4) is 0 Å². The van der Waals surface area contributed by atoms with Gasteiger partial charge in [-0.15, -0.1) is 5.10 Å². The predicted octanol–water partition coefficient (Wildman–Crippen LogP) is 3.71. The number of fused-ring (bicyclic) bond motifs is 2. The van der Waals surface area contributed by atoms with Crippen LogP contribution >= 0.6 is 0 Å². The number of carbonyl (C=O) groups excluding carboxylic acids is 1. The van der Waals surface area contributed by atoms with E-state index in [2.05, 4.69) is 20.4 Å². The van der Waals surface area contributed by atoms with Crippen LogP contribution in [-0.4, -0.2) is 74.8 Å². The first-order valence-corrected chi connectivity index (χ1v) is 12.6. The maximum atomic E-state index is 13.1. The van der Waals surface area contributed by atoms with Crippen LogP contribution in [0.4, 0.5) is 14.7 Å². The number of allylic oxidation sites excluding steroid dienone is 2. The van der Waals surface area contributed by atoms with Crippen LogP contribution in [0.15, 0.2) is 47.9 Å². The lowest BCUT2D eigenvalue weighted by Crippen LogP contribution is -2.59. The molecule has 2 fully saturated rings. The minimum Gasteiger partial charge on any atom is -0.470 e. The van der Waals surface area contributed by atoms with Crippen molar-refractivity contribution in [3.05, 3.63) is 48.5 Å². The Morgan fingerprint density at radius 1 is 1.27 bits per heavy atom. The van der Waals surface area contributed by atoms with Crippen molar-refractivity contribution in [1.82, 2.24) is 24.4 Å². The Bertz CT molecular complexity index is 1330. The molecule has 5 heterocycles. The number of aliphatic imine (C=N–C) groups is 1. The van der Waals surface area contributed by atoms with Crippen molar-refractivity contribution in [3.8, 4) is 5.88 Å². The van der Waals surface area contributed by atoms with Crippen molar-refractivity contribution in [3.63, 3.8) is 0 Å². The number of nitrogens with zero attached hydrogens (tertiary/aromatic N) is 6. The molecule has 1 saturated heterocycles. The molecule has 2 aromatic rings. The van der Waals surface area contributed by atoms with Crippen LogP contribution in [0.1, 0.15) is 38.2 Å².